The molecule has 1 atom stereocenters. The highest BCUT2D eigenvalue weighted by Gasteiger charge is 2.32. The van der Waals surface area contributed by atoms with Crippen LogP contribution in [0.5, 0.6) is 11.5 Å². The molecule has 0 aliphatic heterocycles. The highest BCUT2D eigenvalue weighted by molar-refractivity contribution is 7.92. The zero-order chi connectivity index (χ0) is 26.3. The number of sulfonamides is 1. The van der Waals surface area contributed by atoms with Crippen LogP contribution in [0.1, 0.15) is 18.9 Å². The topological polar surface area (TPSA) is 105 Å². The Balaban J connectivity index is 2.53. The van der Waals surface area contributed by atoms with Crippen molar-refractivity contribution in [3.05, 3.63) is 52.0 Å². The van der Waals surface area contributed by atoms with Crippen molar-refractivity contribution in [2.45, 2.75) is 25.9 Å². The lowest BCUT2D eigenvalue weighted by Crippen LogP contribution is -2.51. The molecule has 1 N–H and O–H groups in total. The first-order valence-electron chi connectivity index (χ1n) is 10.6. The van der Waals surface area contributed by atoms with Gasteiger partial charge in [-0.25, -0.2) is 8.42 Å². The van der Waals surface area contributed by atoms with Crippen LogP contribution in [-0.2, 0) is 26.2 Å². The van der Waals surface area contributed by atoms with Crippen molar-refractivity contribution in [3.63, 3.8) is 0 Å². The van der Waals surface area contributed by atoms with E-state index in [9.17, 15) is 18.0 Å². The summed E-state index contributed by atoms with van der Waals surface area (Å²) >= 11 is 12.3. The number of carbonyl (C=O) groups excluding carboxylic acids is 2. The van der Waals surface area contributed by atoms with Gasteiger partial charge in [0.05, 0.1) is 26.2 Å². The maximum absolute atomic E-state index is 13.6. The maximum Gasteiger partial charge on any atom is 0.244 e. The fourth-order valence-corrected chi connectivity index (χ4v) is 4.83. The molecule has 0 aliphatic carbocycles. The summed E-state index contributed by atoms with van der Waals surface area (Å²) in [5.74, 6) is -0.336. The van der Waals surface area contributed by atoms with Crippen molar-refractivity contribution in [1.82, 2.24) is 10.2 Å². The first-order valence-corrected chi connectivity index (χ1v) is 13.2. The fourth-order valence-electron chi connectivity index (χ4n) is 3.51. The van der Waals surface area contributed by atoms with E-state index in [1.54, 1.807) is 25.1 Å². The van der Waals surface area contributed by atoms with E-state index in [1.807, 2.05) is 0 Å². The molecule has 12 heteroatoms. The van der Waals surface area contributed by atoms with E-state index in [0.29, 0.717) is 27.8 Å². The molecule has 0 aliphatic rings. The summed E-state index contributed by atoms with van der Waals surface area (Å²) in [7, 11) is 0.395. The standard InChI is InChI=1S/C23H29Cl2N3O6S/c1-6-19(23(30)26-2)27(13-15-7-8-16(24)11-18(15)25)22(29)14-28(35(5,31)32)20-10-9-17(33-3)12-21(20)34-4/h7-12,19H,6,13-14H2,1-5H3,(H,26,30)/t19-/m1/s1. The highest BCUT2D eigenvalue weighted by atomic mass is 35.5. The van der Waals surface area contributed by atoms with Crippen molar-refractivity contribution in [2.24, 2.45) is 0 Å². The zero-order valence-electron chi connectivity index (χ0n) is 20.2. The Labute approximate surface area is 215 Å². The quantitative estimate of drug-likeness (QED) is 0.464. The third-order valence-corrected chi connectivity index (χ3v) is 7.04. The Kier molecular flexibility index (Phi) is 10.1. The van der Waals surface area contributed by atoms with Crippen molar-refractivity contribution < 1.29 is 27.5 Å². The summed E-state index contributed by atoms with van der Waals surface area (Å²) in [5.41, 5.74) is 0.710. The van der Waals surface area contributed by atoms with Gasteiger partial charge in [0, 0.05) is 29.7 Å². The van der Waals surface area contributed by atoms with Crippen LogP contribution in [0, 0.1) is 0 Å². The second kappa shape index (κ2) is 12.3. The van der Waals surface area contributed by atoms with Gasteiger partial charge < -0.3 is 19.7 Å². The molecule has 2 aromatic carbocycles. The molecule has 0 radical (unpaired) electrons. The van der Waals surface area contributed by atoms with Gasteiger partial charge in [0.2, 0.25) is 21.8 Å². The molecule has 0 bridgehead atoms. The largest absolute Gasteiger partial charge is 0.497 e. The van der Waals surface area contributed by atoms with Crippen molar-refractivity contribution in [3.8, 4) is 11.5 Å². The van der Waals surface area contributed by atoms with Crippen LogP contribution < -0.4 is 19.1 Å². The van der Waals surface area contributed by atoms with Crippen LogP contribution in [0.15, 0.2) is 36.4 Å². The second-order valence-electron chi connectivity index (χ2n) is 7.60. The number of methoxy groups -OCH3 is 2. The van der Waals surface area contributed by atoms with E-state index in [2.05, 4.69) is 5.32 Å². The minimum Gasteiger partial charge on any atom is -0.497 e. The number of carbonyl (C=O) groups is 2. The molecule has 0 aromatic heterocycles. The number of amides is 2. The maximum atomic E-state index is 13.6. The van der Waals surface area contributed by atoms with Crippen LogP contribution >= 0.6 is 23.2 Å². The van der Waals surface area contributed by atoms with E-state index in [4.69, 9.17) is 32.7 Å². The summed E-state index contributed by atoms with van der Waals surface area (Å²) in [6.07, 6.45) is 1.28. The second-order valence-corrected chi connectivity index (χ2v) is 10.4. The van der Waals surface area contributed by atoms with E-state index in [1.165, 1.54) is 44.4 Å². The molecule has 35 heavy (non-hydrogen) atoms. The molecule has 2 amide bonds. The van der Waals surface area contributed by atoms with E-state index >= 15 is 0 Å². The van der Waals surface area contributed by atoms with Crippen molar-refractivity contribution in [1.29, 1.82) is 0 Å². The van der Waals surface area contributed by atoms with Gasteiger partial charge in [-0.15, -0.1) is 0 Å². The van der Waals surface area contributed by atoms with Gasteiger partial charge >= 0.3 is 0 Å². The van der Waals surface area contributed by atoms with Crippen LogP contribution in [0.4, 0.5) is 5.69 Å². The van der Waals surface area contributed by atoms with Crippen molar-refractivity contribution >= 4 is 50.7 Å². The number of likely N-dealkylation sites (N-methyl/N-ethyl adjacent to an activating group) is 1. The SMILES string of the molecule is CC[C@H](C(=O)NC)N(Cc1ccc(Cl)cc1Cl)C(=O)CN(c1ccc(OC)cc1OC)S(C)(=O)=O. The molecule has 192 valence electrons. The van der Waals surface area contributed by atoms with Gasteiger partial charge in [-0.05, 0) is 36.2 Å². The van der Waals surface area contributed by atoms with Crippen molar-refractivity contribution in [2.75, 3.05) is 38.4 Å². The molecule has 0 saturated carbocycles. The van der Waals surface area contributed by atoms with Gasteiger partial charge in [0.15, 0.2) is 0 Å². The summed E-state index contributed by atoms with van der Waals surface area (Å²) < 4.78 is 36.9. The average molecular weight is 546 g/mol. The van der Waals surface area contributed by atoms with Crippen LogP contribution in [-0.4, -0.2) is 65.2 Å². The van der Waals surface area contributed by atoms with E-state index < -0.39 is 28.5 Å². The van der Waals surface area contributed by atoms with Gasteiger partial charge in [-0.1, -0.05) is 36.2 Å². The Hall–Kier alpha value is -2.69. The third-order valence-electron chi connectivity index (χ3n) is 5.32. The first kappa shape index (κ1) is 28.5. The van der Waals surface area contributed by atoms with E-state index in [-0.39, 0.29) is 23.9 Å². The molecular formula is C23H29Cl2N3O6S. The number of nitrogens with zero attached hydrogens (tertiary/aromatic N) is 2. The minimum absolute atomic E-state index is 0.0297. The number of halogens is 2. The molecule has 0 saturated heterocycles. The zero-order valence-corrected chi connectivity index (χ0v) is 22.5. The lowest BCUT2D eigenvalue weighted by atomic mass is 10.1. The average Bonchev–Trinajstić information content (AvgIpc) is 2.82. The lowest BCUT2D eigenvalue weighted by Gasteiger charge is -2.33. The molecule has 0 heterocycles. The molecular weight excluding hydrogens is 517 g/mol. The molecule has 2 rings (SSSR count). The van der Waals surface area contributed by atoms with Gasteiger partial charge in [0.25, 0.3) is 0 Å². The summed E-state index contributed by atoms with van der Waals surface area (Å²) in [4.78, 5) is 27.5. The smallest absolute Gasteiger partial charge is 0.244 e. The molecule has 0 spiro atoms. The van der Waals surface area contributed by atoms with Gasteiger partial charge in [-0.3, -0.25) is 13.9 Å². The number of nitrogens with one attached hydrogen (secondary N) is 1. The van der Waals surface area contributed by atoms with Crippen LogP contribution in [0.25, 0.3) is 0 Å². The number of benzene rings is 2. The molecule has 0 unspecified atom stereocenters. The number of rotatable bonds is 11. The molecule has 9 nitrogen and oxygen atoms in total. The molecule has 2 aromatic rings. The summed E-state index contributed by atoms with van der Waals surface area (Å²) in [6.45, 7) is 1.16. The third kappa shape index (κ3) is 7.16. The predicted octanol–water partition coefficient (Wildman–Crippen LogP) is 3.33. The number of hydrogen-bond donors (Lipinski definition) is 1. The van der Waals surface area contributed by atoms with Crippen LogP contribution in [0.2, 0.25) is 10.0 Å². The monoisotopic (exact) mass is 545 g/mol. The molecule has 0 fully saturated rings. The summed E-state index contributed by atoms with van der Waals surface area (Å²) in [5, 5.41) is 3.29. The lowest BCUT2D eigenvalue weighted by molar-refractivity contribution is -0.140. The first-order chi connectivity index (χ1) is 16.5. The normalized spacial score (nSPS) is 12.0. The predicted molar refractivity (Wildman–Crippen MR) is 137 cm³/mol. The summed E-state index contributed by atoms with van der Waals surface area (Å²) in [6, 6.07) is 8.52. The highest BCUT2D eigenvalue weighted by Crippen LogP contribution is 2.34. The minimum atomic E-state index is -3.92. The number of anilines is 1. The van der Waals surface area contributed by atoms with E-state index in [0.717, 1.165) is 10.6 Å². The fraction of sp³-hybridized carbons (Fsp3) is 0.391. The number of ether oxygens (including phenoxy) is 2. The number of hydrogen-bond acceptors (Lipinski definition) is 6. The Morgan fingerprint density at radius 3 is 2.29 bits per heavy atom. The van der Waals surface area contributed by atoms with Gasteiger partial charge in [-0.2, -0.15) is 0 Å². The van der Waals surface area contributed by atoms with Gasteiger partial charge in [0.1, 0.15) is 24.1 Å². The Morgan fingerprint density at radius 1 is 1.09 bits per heavy atom. The Bertz CT molecular complexity index is 1180. The Morgan fingerprint density at radius 2 is 1.77 bits per heavy atom. The van der Waals surface area contributed by atoms with Crippen LogP contribution in [0.3, 0.4) is 0 Å².